The molecule has 0 saturated carbocycles. The number of nitrogen functional groups attached to an aromatic ring is 1. The third kappa shape index (κ3) is 4.80. The van der Waals surface area contributed by atoms with Gasteiger partial charge in [0.2, 0.25) is 0 Å². The number of anilines is 1. The Bertz CT molecular complexity index is 468. The lowest BCUT2D eigenvalue weighted by molar-refractivity contribution is -0.138. The lowest BCUT2D eigenvalue weighted by atomic mass is 10.1. The molecule has 0 aliphatic rings. The van der Waals surface area contributed by atoms with Crippen molar-refractivity contribution in [2.24, 2.45) is 0 Å². The number of hydrogen-bond donors (Lipinski definition) is 2. The summed E-state index contributed by atoms with van der Waals surface area (Å²) in [6.07, 6.45) is -5.46. The molecule has 1 rings (SSSR count). The molecule has 0 heterocycles. The standard InChI is InChI=1S/C11H11Cl2F3N2O/c1-5(4-11(14,15)16)18-10(19)6-2-7(12)9(17)8(13)3-6/h2-3,5H,4,17H2,1H3,(H,18,19). The molecule has 1 aromatic carbocycles. The molecule has 3 nitrogen and oxygen atoms in total. The maximum absolute atomic E-state index is 12.1. The predicted octanol–water partition coefficient (Wildman–Crippen LogP) is 3.65. The molecule has 3 N–H and O–H groups in total. The fourth-order valence-corrected chi connectivity index (χ4v) is 1.91. The van der Waals surface area contributed by atoms with Gasteiger partial charge in [-0.3, -0.25) is 4.79 Å². The van der Waals surface area contributed by atoms with Gasteiger partial charge >= 0.3 is 6.18 Å². The van der Waals surface area contributed by atoms with Crippen LogP contribution in [0.1, 0.15) is 23.7 Å². The predicted molar refractivity (Wildman–Crippen MR) is 68.5 cm³/mol. The van der Waals surface area contributed by atoms with Gasteiger partial charge in [-0.25, -0.2) is 0 Å². The van der Waals surface area contributed by atoms with Crippen LogP contribution in [-0.2, 0) is 0 Å². The zero-order valence-corrected chi connectivity index (χ0v) is 11.3. The first-order valence-corrected chi connectivity index (χ1v) is 5.98. The van der Waals surface area contributed by atoms with Gasteiger partial charge in [0, 0.05) is 11.6 Å². The minimum atomic E-state index is -4.34. The molecule has 1 amide bonds. The second-order valence-corrected chi connectivity index (χ2v) is 4.86. The number of benzene rings is 1. The lowest BCUT2D eigenvalue weighted by Crippen LogP contribution is -2.35. The fourth-order valence-electron chi connectivity index (χ4n) is 1.42. The Labute approximate surface area is 117 Å². The summed E-state index contributed by atoms with van der Waals surface area (Å²) >= 11 is 11.5. The van der Waals surface area contributed by atoms with E-state index >= 15 is 0 Å². The van der Waals surface area contributed by atoms with E-state index in [1.54, 1.807) is 0 Å². The van der Waals surface area contributed by atoms with Crippen molar-refractivity contribution in [3.8, 4) is 0 Å². The molecule has 0 fully saturated rings. The van der Waals surface area contributed by atoms with Gasteiger partial charge in [-0.2, -0.15) is 13.2 Å². The largest absolute Gasteiger partial charge is 0.396 e. The number of carbonyl (C=O) groups is 1. The van der Waals surface area contributed by atoms with Crippen molar-refractivity contribution in [1.29, 1.82) is 0 Å². The highest BCUT2D eigenvalue weighted by Crippen LogP contribution is 2.29. The second-order valence-electron chi connectivity index (χ2n) is 4.05. The summed E-state index contributed by atoms with van der Waals surface area (Å²) in [4.78, 5) is 11.7. The van der Waals surface area contributed by atoms with E-state index in [1.807, 2.05) is 0 Å². The van der Waals surface area contributed by atoms with Crippen LogP contribution in [0.25, 0.3) is 0 Å². The third-order valence-corrected chi connectivity index (χ3v) is 2.88. The summed E-state index contributed by atoms with van der Waals surface area (Å²) in [5, 5.41) is 2.35. The number of amides is 1. The zero-order chi connectivity index (χ0) is 14.8. The molecule has 0 spiro atoms. The van der Waals surface area contributed by atoms with Crippen molar-refractivity contribution >= 4 is 34.8 Å². The van der Waals surface area contributed by atoms with Crippen LogP contribution in [0.15, 0.2) is 12.1 Å². The van der Waals surface area contributed by atoms with Crippen LogP contribution in [0.3, 0.4) is 0 Å². The number of rotatable bonds is 3. The second kappa shape index (κ2) is 5.88. The van der Waals surface area contributed by atoms with Crippen molar-refractivity contribution < 1.29 is 18.0 Å². The Morgan fingerprint density at radius 3 is 2.26 bits per heavy atom. The van der Waals surface area contributed by atoms with Gasteiger partial charge in [0.05, 0.1) is 22.2 Å². The first-order chi connectivity index (χ1) is 8.60. The van der Waals surface area contributed by atoms with Crippen LogP contribution < -0.4 is 11.1 Å². The van der Waals surface area contributed by atoms with Gasteiger partial charge in [-0.15, -0.1) is 0 Å². The van der Waals surface area contributed by atoms with Gasteiger partial charge in [0.1, 0.15) is 0 Å². The normalized spacial score (nSPS) is 13.2. The van der Waals surface area contributed by atoms with Gasteiger partial charge < -0.3 is 11.1 Å². The van der Waals surface area contributed by atoms with Crippen molar-refractivity contribution in [3.05, 3.63) is 27.7 Å². The maximum atomic E-state index is 12.1. The summed E-state index contributed by atoms with van der Waals surface area (Å²) in [6.45, 7) is 1.26. The highest BCUT2D eigenvalue weighted by atomic mass is 35.5. The molecule has 0 aliphatic carbocycles. The smallest absolute Gasteiger partial charge is 0.391 e. The van der Waals surface area contributed by atoms with Crippen LogP contribution in [0, 0.1) is 0 Å². The number of carbonyl (C=O) groups excluding carboxylic acids is 1. The van der Waals surface area contributed by atoms with Gasteiger partial charge in [-0.1, -0.05) is 23.2 Å². The Morgan fingerprint density at radius 1 is 1.37 bits per heavy atom. The molecule has 0 radical (unpaired) electrons. The van der Waals surface area contributed by atoms with E-state index in [-0.39, 0.29) is 21.3 Å². The van der Waals surface area contributed by atoms with E-state index < -0.39 is 24.5 Å². The van der Waals surface area contributed by atoms with E-state index in [0.717, 1.165) is 0 Å². The maximum Gasteiger partial charge on any atom is 0.391 e. The minimum Gasteiger partial charge on any atom is -0.396 e. The number of nitrogens with two attached hydrogens (primary N) is 1. The van der Waals surface area contributed by atoms with Crippen LogP contribution in [0.4, 0.5) is 18.9 Å². The summed E-state index contributed by atoms with van der Waals surface area (Å²) in [5.41, 5.74) is 5.66. The molecule has 19 heavy (non-hydrogen) atoms. The molecule has 1 unspecified atom stereocenters. The monoisotopic (exact) mass is 314 g/mol. The highest BCUT2D eigenvalue weighted by Gasteiger charge is 2.30. The molecule has 0 aliphatic heterocycles. The quantitative estimate of drug-likeness (QED) is 0.837. The molecule has 106 valence electrons. The summed E-state index contributed by atoms with van der Waals surface area (Å²) in [7, 11) is 0. The number of halogens is 5. The average Bonchev–Trinajstić information content (AvgIpc) is 2.22. The van der Waals surface area contributed by atoms with E-state index in [2.05, 4.69) is 5.32 Å². The summed E-state index contributed by atoms with van der Waals surface area (Å²) < 4.78 is 36.4. The molecule has 1 aromatic rings. The van der Waals surface area contributed by atoms with Crippen molar-refractivity contribution in [2.75, 3.05) is 5.73 Å². The molecule has 1 atom stereocenters. The van der Waals surface area contributed by atoms with Gasteiger partial charge in [0.25, 0.3) is 5.91 Å². The van der Waals surface area contributed by atoms with Crippen molar-refractivity contribution in [3.63, 3.8) is 0 Å². The van der Waals surface area contributed by atoms with Crippen molar-refractivity contribution in [1.82, 2.24) is 5.32 Å². The SMILES string of the molecule is CC(CC(F)(F)F)NC(=O)c1cc(Cl)c(N)c(Cl)c1. The fraction of sp³-hybridized carbons (Fsp3) is 0.364. The number of nitrogens with one attached hydrogen (secondary N) is 1. The Hall–Kier alpha value is -1.14. The van der Waals surface area contributed by atoms with Gasteiger partial charge in [0.15, 0.2) is 0 Å². The third-order valence-electron chi connectivity index (χ3n) is 2.26. The topological polar surface area (TPSA) is 55.1 Å². The number of hydrogen-bond acceptors (Lipinski definition) is 2. The average molecular weight is 315 g/mol. The molecular formula is C11H11Cl2F3N2O. The number of alkyl halides is 3. The molecular weight excluding hydrogens is 304 g/mol. The van der Waals surface area contributed by atoms with E-state index in [1.165, 1.54) is 19.1 Å². The first-order valence-electron chi connectivity index (χ1n) is 5.22. The van der Waals surface area contributed by atoms with Crippen LogP contribution in [0.2, 0.25) is 10.0 Å². The minimum absolute atomic E-state index is 0.0539. The lowest BCUT2D eigenvalue weighted by Gasteiger charge is -2.16. The van der Waals surface area contributed by atoms with E-state index in [0.29, 0.717) is 0 Å². The zero-order valence-electron chi connectivity index (χ0n) is 9.81. The van der Waals surface area contributed by atoms with Crippen LogP contribution in [0.5, 0.6) is 0 Å². The van der Waals surface area contributed by atoms with Gasteiger partial charge in [-0.05, 0) is 19.1 Å². The summed E-state index contributed by atoms with van der Waals surface area (Å²) in [5.74, 6) is -0.694. The molecule has 0 saturated heterocycles. The Kier molecular flexibility index (Phi) is 4.92. The van der Waals surface area contributed by atoms with Crippen LogP contribution >= 0.6 is 23.2 Å². The highest BCUT2D eigenvalue weighted by molar-refractivity contribution is 6.39. The van der Waals surface area contributed by atoms with Crippen molar-refractivity contribution in [2.45, 2.75) is 25.6 Å². The molecule has 0 aromatic heterocycles. The van der Waals surface area contributed by atoms with E-state index in [4.69, 9.17) is 28.9 Å². The molecule has 0 bridgehead atoms. The Balaban J connectivity index is 2.79. The van der Waals surface area contributed by atoms with Crippen LogP contribution in [-0.4, -0.2) is 18.1 Å². The van der Waals surface area contributed by atoms with E-state index in [9.17, 15) is 18.0 Å². The summed E-state index contributed by atoms with van der Waals surface area (Å²) in [6, 6.07) is 1.44. The first kappa shape index (κ1) is 15.9. The Morgan fingerprint density at radius 2 is 1.84 bits per heavy atom. The molecule has 8 heteroatoms.